The lowest BCUT2D eigenvalue weighted by atomic mass is 9.91. The number of aliphatic hydroxyl groups excluding tert-OH is 1. The van der Waals surface area contributed by atoms with Crippen LogP contribution in [0.5, 0.6) is 0 Å². The third kappa shape index (κ3) is 4.32. The number of amides is 1. The predicted octanol–water partition coefficient (Wildman–Crippen LogP) is 3.65. The molecule has 1 unspecified atom stereocenters. The molecule has 0 bridgehead atoms. The lowest BCUT2D eigenvalue weighted by molar-refractivity contribution is 0.0668. The number of likely N-dealkylation sites (tertiary alicyclic amines) is 1. The van der Waals surface area contributed by atoms with Gasteiger partial charge in [0.25, 0.3) is 5.91 Å². The summed E-state index contributed by atoms with van der Waals surface area (Å²) in [4.78, 5) is 19.3. The monoisotopic (exact) mass is 395 g/mol. The van der Waals surface area contributed by atoms with Crippen LogP contribution in [0.15, 0.2) is 48.8 Å². The minimum absolute atomic E-state index is 0.0270. The van der Waals surface area contributed by atoms with Crippen molar-refractivity contribution in [1.29, 1.82) is 0 Å². The topological polar surface area (TPSA) is 58.4 Å². The zero-order chi connectivity index (χ0) is 20.2. The van der Waals surface area contributed by atoms with Crippen LogP contribution in [0.25, 0.3) is 11.0 Å². The molecule has 1 N–H and O–H groups in total. The second-order valence-electron chi connectivity index (χ2n) is 7.75. The first-order chi connectivity index (χ1) is 14.2. The van der Waals surface area contributed by atoms with E-state index in [1.54, 1.807) is 12.4 Å². The van der Waals surface area contributed by atoms with Crippen LogP contribution in [0.2, 0.25) is 0 Å². The number of carbonyl (C=O) groups is 1. The van der Waals surface area contributed by atoms with Crippen LogP contribution >= 0.6 is 0 Å². The molecular formula is C23H26FN3O2. The molecule has 1 atom stereocenters. The molecule has 1 fully saturated rings. The second-order valence-corrected chi connectivity index (χ2v) is 7.75. The number of hydrogen-bond donors (Lipinski definition) is 1. The van der Waals surface area contributed by atoms with Crippen LogP contribution in [0, 0.1) is 11.7 Å². The van der Waals surface area contributed by atoms with Crippen LogP contribution in [0.3, 0.4) is 0 Å². The summed E-state index contributed by atoms with van der Waals surface area (Å²) < 4.78 is 15.7. The zero-order valence-corrected chi connectivity index (χ0v) is 16.4. The summed E-state index contributed by atoms with van der Waals surface area (Å²) >= 11 is 0. The molecule has 1 aromatic heterocycles. The number of aryl methyl sites for hydroxylation is 1. The number of benzene rings is 2. The Balaban J connectivity index is 1.42. The minimum atomic E-state index is -0.148. The molecule has 29 heavy (non-hydrogen) atoms. The predicted molar refractivity (Wildman–Crippen MR) is 110 cm³/mol. The first-order valence-corrected chi connectivity index (χ1v) is 10.2. The van der Waals surface area contributed by atoms with E-state index in [4.69, 9.17) is 5.11 Å². The smallest absolute Gasteiger partial charge is 0.253 e. The largest absolute Gasteiger partial charge is 0.395 e. The summed E-state index contributed by atoms with van der Waals surface area (Å²) in [7, 11) is 0. The van der Waals surface area contributed by atoms with Gasteiger partial charge in [0.05, 0.1) is 24.0 Å². The first-order valence-electron chi connectivity index (χ1n) is 10.2. The van der Waals surface area contributed by atoms with Crippen molar-refractivity contribution in [3.8, 4) is 0 Å². The van der Waals surface area contributed by atoms with Crippen molar-refractivity contribution in [1.82, 2.24) is 14.5 Å². The van der Waals surface area contributed by atoms with E-state index in [1.165, 1.54) is 6.07 Å². The van der Waals surface area contributed by atoms with Crippen molar-refractivity contribution >= 4 is 16.9 Å². The van der Waals surface area contributed by atoms with Gasteiger partial charge in [-0.25, -0.2) is 9.37 Å². The SMILES string of the molecule is O=C(c1ccc2c(c1)ncn2CCO)N1CCCC(CCc2ccccc2F)C1. The Bertz CT molecular complexity index is 1000. The number of hydrogen-bond acceptors (Lipinski definition) is 3. The lowest BCUT2D eigenvalue weighted by Gasteiger charge is -2.33. The van der Waals surface area contributed by atoms with Crippen LogP contribution < -0.4 is 0 Å². The highest BCUT2D eigenvalue weighted by molar-refractivity contribution is 5.97. The number of aliphatic hydroxyl groups is 1. The molecule has 2 aromatic carbocycles. The number of fused-ring (bicyclic) bond motifs is 1. The highest BCUT2D eigenvalue weighted by Crippen LogP contribution is 2.24. The highest BCUT2D eigenvalue weighted by atomic mass is 19.1. The molecule has 152 valence electrons. The summed E-state index contributed by atoms with van der Waals surface area (Å²) in [5.41, 5.74) is 3.07. The van der Waals surface area contributed by atoms with Crippen molar-refractivity contribution < 1.29 is 14.3 Å². The summed E-state index contributed by atoms with van der Waals surface area (Å²) in [6, 6.07) is 12.5. The van der Waals surface area contributed by atoms with Crippen molar-refractivity contribution in [2.24, 2.45) is 5.92 Å². The maximum atomic E-state index is 13.9. The van der Waals surface area contributed by atoms with Crippen molar-refractivity contribution in [3.63, 3.8) is 0 Å². The Morgan fingerprint density at radius 1 is 1.24 bits per heavy atom. The maximum absolute atomic E-state index is 13.9. The van der Waals surface area contributed by atoms with Gasteiger partial charge in [0, 0.05) is 25.2 Å². The number of carbonyl (C=O) groups excluding carboxylic acids is 1. The Morgan fingerprint density at radius 3 is 2.93 bits per heavy atom. The van der Waals surface area contributed by atoms with E-state index in [0.717, 1.165) is 42.4 Å². The van der Waals surface area contributed by atoms with E-state index in [9.17, 15) is 9.18 Å². The average Bonchev–Trinajstić information content (AvgIpc) is 3.15. The van der Waals surface area contributed by atoms with Gasteiger partial charge in [-0.1, -0.05) is 18.2 Å². The number of rotatable bonds is 6. The maximum Gasteiger partial charge on any atom is 0.253 e. The van der Waals surface area contributed by atoms with Gasteiger partial charge in [-0.15, -0.1) is 0 Å². The number of piperidine rings is 1. The van der Waals surface area contributed by atoms with Gasteiger partial charge in [0.2, 0.25) is 0 Å². The number of aromatic nitrogens is 2. The van der Waals surface area contributed by atoms with E-state index in [-0.39, 0.29) is 18.3 Å². The molecular weight excluding hydrogens is 369 g/mol. The second kappa shape index (κ2) is 8.74. The van der Waals surface area contributed by atoms with E-state index in [2.05, 4.69) is 4.98 Å². The van der Waals surface area contributed by atoms with Crippen LogP contribution in [-0.4, -0.2) is 45.2 Å². The fraction of sp³-hybridized carbons (Fsp3) is 0.391. The average molecular weight is 395 g/mol. The fourth-order valence-electron chi connectivity index (χ4n) is 4.21. The molecule has 0 aliphatic carbocycles. The minimum Gasteiger partial charge on any atom is -0.395 e. The van der Waals surface area contributed by atoms with Gasteiger partial charge < -0.3 is 14.6 Å². The Kier molecular flexibility index (Phi) is 5.90. The van der Waals surface area contributed by atoms with Crippen LogP contribution in [0.1, 0.15) is 35.2 Å². The fourth-order valence-corrected chi connectivity index (χ4v) is 4.21. The Hall–Kier alpha value is -2.73. The summed E-state index contributed by atoms with van der Waals surface area (Å²) in [5.74, 6) is 0.268. The normalized spacial score (nSPS) is 17.0. The van der Waals surface area contributed by atoms with E-state index in [1.807, 2.05) is 39.8 Å². The summed E-state index contributed by atoms with van der Waals surface area (Å²) in [6.07, 6.45) is 5.32. The third-order valence-electron chi connectivity index (χ3n) is 5.79. The Morgan fingerprint density at radius 2 is 2.10 bits per heavy atom. The van der Waals surface area contributed by atoms with Gasteiger partial charge >= 0.3 is 0 Å². The number of halogens is 1. The van der Waals surface area contributed by atoms with Gasteiger partial charge in [-0.2, -0.15) is 0 Å². The molecule has 0 saturated carbocycles. The van der Waals surface area contributed by atoms with Gasteiger partial charge in [-0.05, 0) is 61.4 Å². The highest BCUT2D eigenvalue weighted by Gasteiger charge is 2.25. The number of imidazole rings is 1. The molecule has 1 aliphatic heterocycles. The first kappa shape index (κ1) is 19.6. The Labute approximate surface area is 169 Å². The molecule has 3 aromatic rings. The molecule has 2 heterocycles. The van der Waals surface area contributed by atoms with Gasteiger partial charge in [-0.3, -0.25) is 4.79 Å². The molecule has 6 heteroatoms. The van der Waals surface area contributed by atoms with E-state index >= 15 is 0 Å². The van der Waals surface area contributed by atoms with Gasteiger partial charge in [0.15, 0.2) is 0 Å². The molecule has 5 nitrogen and oxygen atoms in total. The zero-order valence-electron chi connectivity index (χ0n) is 16.4. The molecule has 0 radical (unpaired) electrons. The summed E-state index contributed by atoms with van der Waals surface area (Å²) in [6.45, 7) is 2.00. The van der Waals surface area contributed by atoms with Crippen molar-refractivity contribution in [2.45, 2.75) is 32.2 Å². The van der Waals surface area contributed by atoms with Crippen molar-refractivity contribution in [2.75, 3.05) is 19.7 Å². The standard InChI is InChI=1S/C23H26FN3O2/c24-20-6-2-1-5-18(20)8-7-17-4-3-11-26(15-17)23(29)19-9-10-22-21(14-19)25-16-27(22)12-13-28/h1-2,5-6,9-10,14,16-17,28H,3-4,7-8,11-13,15H2. The van der Waals surface area contributed by atoms with E-state index in [0.29, 0.717) is 31.0 Å². The molecule has 4 rings (SSSR count). The third-order valence-corrected chi connectivity index (χ3v) is 5.79. The van der Waals surface area contributed by atoms with Crippen molar-refractivity contribution in [3.05, 3.63) is 65.7 Å². The quantitative estimate of drug-likeness (QED) is 0.693. The summed E-state index contributed by atoms with van der Waals surface area (Å²) in [5, 5.41) is 9.14. The molecule has 1 amide bonds. The molecule has 1 saturated heterocycles. The molecule has 1 aliphatic rings. The lowest BCUT2D eigenvalue weighted by Crippen LogP contribution is -2.40. The van der Waals surface area contributed by atoms with Gasteiger partial charge in [0.1, 0.15) is 5.82 Å². The van der Waals surface area contributed by atoms with Crippen LogP contribution in [-0.2, 0) is 13.0 Å². The number of nitrogens with zero attached hydrogens (tertiary/aromatic N) is 3. The van der Waals surface area contributed by atoms with E-state index < -0.39 is 0 Å². The molecule has 0 spiro atoms. The van der Waals surface area contributed by atoms with Crippen LogP contribution in [0.4, 0.5) is 4.39 Å².